The van der Waals surface area contributed by atoms with Crippen molar-refractivity contribution in [2.45, 2.75) is 32.1 Å². The topological polar surface area (TPSA) is 12.0 Å². The van der Waals surface area contributed by atoms with Gasteiger partial charge in [0.1, 0.15) is 0 Å². The van der Waals surface area contributed by atoms with Crippen molar-refractivity contribution in [2.24, 2.45) is 11.8 Å². The van der Waals surface area contributed by atoms with Gasteiger partial charge < -0.3 is 5.32 Å². The summed E-state index contributed by atoms with van der Waals surface area (Å²) >= 11 is 0. The van der Waals surface area contributed by atoms with Gasteiger partial charge >= 0.3 is 0 Å². The Morgan fingerprint density at radius 1 is 0.929 bits per heavy atom. The number of hydrogen-bond acceptors (Lipinski definition) is 1. The van der Waals surface area contributed by atoms with E-state index in [-0.39, 0.29) is 0 Å². The summed E-state index contributed by atoms with van der Waals surface area (Å²) in [4.78, 5) is 0. The minimum atomic E-state index is 1.04. The molecule has 14 heavy (non-hydrogen) atoms. The first-order chi connectivity index (χ1) is 6.97. The van der Waals surface area contributed by atoms with Crippen LogP contribution in [-0.2, 0) is 0 Å². The number of rotatable bonds is 0. The van der Waals surface area contributed by atoms with E-state index in [0.717, 1.165) is 11.8 Å². The zero-order chi connectivity index (χ0) is 10.8. The third-order valence-corrected chi connectivity index (χ3v) is 3.16. The molecule has 2 atom stereocenters. The average Bonchev–Trinajstić information content (AvgIpc) is 2.34. The van der Waals surface area contributed by atoms with E-state index in [4.69, 9.17) is 0 Å². The fourth-order valence-electron chi connectivity index (χ4n) is 2.51. The van der Waals surface area contributed by atoms with E-state index in [0.29, 0.717) is 0 Å². The molecule has 0 aromatic carbocycles. The molecule has 1 heterocycles. The molecule has 0 spiro atoms. The second-order valence-electron chi connectivity index (χ2n) is 3.80. The van der Waals surface area contributed by atoms with Crippen LogP contribution in [-0.4, -0.2) is 13.1 Å². The van der Waals surface area contributed by atoms with Crippen LogP contribution in [0.3, 0.4) is 0 Å². The fraction of sp³-hybridized carbons (Fsp3) is 0.692. The van der Waals surface area contributed by atoms with Crippen LogP contribution in [0, 0.1) is 24.7 Å². The van der Waals surface area contributed by atoms with Crippen LogP contribution in [0.15, 0.2) is 13.2 Å². The van der Waals surface area contributed by atoms with E-state index in [1.165, 1.54) is 45.2 Å². The summed E-state index contributed by atoms with van der Waals surface area (Å²) in [5.41, 5.74) is 0. The van der Waals surface area contributed by atoms with Crippen LogP contribution in [0.1, 0.15) is 32.1 Å². The molecule has 1 nitrogen and oxygen atoms in total. The van der Waals surface area contributed by atoms with Crippen molar-refractivity contribution < 1.29 is 0 Å². The maximum atomic E-state index is 4.00. The number of piperidine rings is 1. The largest absolute Gasteiger partial charge is 0.316 e. The van der Waals surface area contributed by atoms with Crippen molar-refractivity contribution in [3.63, 3.8) is 0 Å². The lowest BCUT2D eigenvalue weighted by molar-refractivity contribution is 0.185. The highest BCUT2D eigenvalue weighted by atomic mass is 14.9. The van der Waals surface area contributed by atoms with Crippen LogP contribution >= 0.6 is 0 Å². The third-order valence-electron chi connectivity index (χ3n) is 3.16. The summed E-state index contributed by atoms with van der Waals surface area (Å²) in [6.45, 7) is 8.59. The van der Waals surface area contributed by atoms with Gasteiger partial charge in [-0.3, -0.25) is 0 Å². The highest BCUT2D eigenvalue weighted by molar-refractivity contribution is 4.81. The molecule has 2 unspecified atom stereocenters. The molecule has 0 bridgehead atoms. The Balaban J connectivity index is 0.000000379. The number of hydrogen-bond donors (Lipinski definition) is 1. The molecule has 2 rings (SSSR count). The summed E-state index contributed by atoms with van der Waals surface area (Å²) in [7, 11) is 0. The van der Waals surface area contributed by atoms with Gasteiger partial charge in [0.05, 0.1) is 0 Å². The number of terminal acetylenes is 1. The fourth-order valence-corrected chi connectivity index (χ4v) is 2.51. The monoisotopic (exact) mass is 193 g/mol. The van der Waals surface area contributed by atoms with E-state index in [1.54, 1.807) is 0 Å². The summed E-state index contributed by atoms with van der Waals surface area (Å²) in [6.07, 6.45) is 15.5. The summed E-state index contributed by atoms with van der Waals surface area (Å²) in [6, 6.07) is 0. The first-order valence-corrected chi connectivity index (χ1v) is 5.51. The zero-order valence-corrected chi connectivity index (χ0v) is 9.17. The van der Waals surface area contributed by atoms with Crippen molar-refractivity contribution >= 4 is 0 Å². The maximum absolute atomic E-state index is 4.00. The van der Waals surface area contributed by atoms with Gasteiger partial charge in [-0.25, -0.2) is 0 Å². The van der Waals surface area contributed by atoms with Gasteiger partial charge in [-0.15, -0.1) is 26.0 Å². The summed E-state index contributed by atoms with van der Waals surface area (Å²) in [5, 5.41) is 3.48. The van der Waals surface area contributed by atoms with Gasteiger partial charge in [-0.2, -0.15) is 0 Å². The Kier molecular flexibility index (Phi) is 8.37. The molecule has 1 N–H and O–H groups in total. The maximum Gasteiger partial charge on any atom is -0.00179 e. The Morgan fingerprint density at radius 3 is 2.07 bits per heavy atom. The first-order valence-electron chi connectivity index (χ1n) is 5.51. The second kappa shape index (κ2) is 8.84. The van der Waals surface area contributed by atoms with Crippen LogP contribution in [0.25, 0.3) is 0 Å². The second-order valence-corrected chi connectivity index (χ2v) is 3.80. The van der Waals surface area contributed by atoms with Crippen molar-refractivity contribution in [1.82, 2.24) is 5.32 Å². The van der Waals surface area contributed by atoms with E-state index < -0.39 is 0 Å². The van der Waals surface area contributed by atoms with Crippen molar-refractivity contribution in [3.05, 3.63) is 13.2 Å². The molecule has 1 saturated heterocycles. The Morgan fingerprint density at radius 2 is 1.50 bits per heavy atom. The molecule has 0 aromatic rings. The quantitative estimate of drug-likeness (QED) is 0.461. The molecule has 0 aromatic heterocycles. The lowest BCUT2D eigenvalue weighted by Gasteiger charge is -2.35. The highest BCUT2D eigenvalue weighted by Crippen LogP contribution is 2.33. The zero-order valence-electron chi connectivity index (χ0n) is 9.17. The SMILES string of the molecule is C#C.C1CCC2CNCCC2C1.C=C. The molecule has 1 saturated carbocycles. The van der Waals surface area contributed by atoms with Gasteiger partial charge in [0.25, 0.3) is 0 Å². The molecule has 0 amide bonds. The number of fused-ring (bicyclic) bond motifs is 1. The van der Waals surface area contributed by atoms with Crippen molar-refractivity contribution in [3.8, 4) is 12.8 Å². The van der Waals surface area contributed by atoms with Crippen molar-refractivity contribution in [2.75, 3.05) is 13.1 Å². The van der Waals surface area contributed by atoms with E-state index in [1.807, 2.05) is 0 Å². The minimum absolute atomic E-state index is 1.04. The predicted molar refractivity (Wildman–Crippen MR) is 64.1 cm³/mol. The minimum Gasteiger partial charge on any atom is -0.316 e. The molecule has 0 radical (unpaired) electrons. The van der Waals surface area contributed by atoms with Crippen molar-refractivity contribution in [1.29, 1.82) is 0 Å². The smallest absolute Gasteiger partial charge is 0.00179 e. The highest BCUT2D eigenvalue weighted by Gasteiger charge is 2.26. The van der Waals surface area contributed by atoms with Gasteiger partial charge in [-0.1, -0.05) is 19.3 Å². The van der Waals surface area contributed by atoms with Crippen LogP contribution in [0.5, 0.6) is 0 Å². The van der Waals surface area contributed by atoms with Crippen LogP contribution in [0.4, 0.5) is 0 Å². The lowest BCUT2D eigenvalue weighted by atomic mass is 9.76. The molecular weight excluding hydrogens is 170 g/mol. The average molecular weight is 193 g/mol. The molecule has 1 aliphatic heterocycles. The van der Waals surface area contributed by atoms with Gasteiger partial charge in [0.15, 0.2) is 0 Å². The molecular formula is C13H23N. The first kappa shape index (κ1) is 13.3. The summed E-state index contributed by atoms with van der Waals surface area (Å²) in [5.74, 6) is 2.14. The van der Waals surface area contributed by atoms with E-state index in [2.05, 4.69) is 31.3 Å². The molecule has 2 fully saturated rings. The van der Waals surface area contributed by atoms with Gasteiger partial charge in [0.2, 0.25) is 0 Å². The Labute approximate surface area is 89.0 Å². The third kappa shape index (κ3) is 3.98. The molecule has 1 heteroatoms. The lowest BCUT2D eigenvalue weighted by Crippen LogP contribution is -2.38. The standard InChI is InChI=1S/C9H17N.C2H4.C2H2/c1-2-4-9-7-10-6-5-8(9)3-1;2*1-2/h8-10H,1-7H2;1-2H2;1-2H. The predicted octanol–water partition coefficient (Wildman–Crippen LogP) is 2.84. The van der Waals surface area contributed by atoms with Crippen LogP contribution in [0.2, 0.25) is 0 Å². The van der Waals surface area contributed by atoms with Gasteiger partial charge in [0, 0.05) is 0 Å². The Hall–Kier alpha value is -0.740. The van der Waals surface area contributed by atoms with E-state index >= 15 is 0 Å². The number of nitrogens with one attached hydrogen (secondary N) is 1. The van der Waals surface area contributed by atoms with E-state index in [9.17, 15) is 0 Å². The summed E-state index contributed by atoms with van der Waals surface area (Å²) < 4.78 is 0. The Bertz CT molecular complexity index is 125. The molecule has 1 aliphatic carbocycles. The molecule has 2 aliphatic rings. The molecule has 80 valence electrons. The van der Waals surface area contributed by atoms with Gasteiger partial charge in [-0.05, 0) is 37.8 Å². The van der Waals surface area contributed by atoms with Crippen LogP contribution < -0.4 is 5.32 Å². The normalized spacial score (nSPS) is 29.6.